The van der Waals surface area contributed by atoms with Gasteiger partial charge >= 0.3 is 0 Å². The molecule has 1 atom stereocenters. The Balaban J connectivity index is 1.84. The van der Waals surface area contributed by atoms with Gasteiger partial charge in [-0.25, -0.2) is 9.97 Å². The van der Waals surface area contributed by atoms with Crippen LogP contribution in [0.5, 0.6) is 0 Å². The molecule has 0 saturated carbocycles. The van der Waals surface area contributed by atoms with E-state index in [0.29, 0.717) is 13.2 Å². The Morgan fingerprint density at radius 3 is 2.62 bits per heavy atom. The van der Waals surface area contributed by atoms with Crippen molar-refractivity contribution in [1.82, 2.24) is 9.97 Å². The molecule has 1 aromatic heterocycles. The average Bonchev–Trinajstić information content (AvgIpc) is 2.73. The fourth-order valence-electron chi connectivity index (χ4n) is 3.15. The second kappa shape index (κ2) is 7.65. The summed E-state index contributed by atoms with van der Waals surface area (Å²) in [5.74, 6) is 1.63. The molecule has 7 heteroatoms. The van der Waals surface area contributed by atoms with Crippen molar-refractivity contribution in [3.63, 3.8) is 0 Å². The number of fused-ring (bicyclic) bond motifs is 1. The maximum atomic E-state index is 6.15. The summed E-state index contributed by atoms with van der Waals surface area (Å²) in [5.41, 5.74) is 2.73. The molecular weight excluding hydrogens is 350 g/mol. The summed E-state index contributed by atoms with van der Waals surface area (Å²) in [6.45, 7) is 2.97. The molecule has 0 radical (unpaired) electrons. The van der Waals surface area contributed by atoms with E-state index in [1.54, 1.807) is 7.11 Å². The molecule has 2 aromatic rings. The van der Waals surface area contributed by atoms with Gasteiger partial charge in [0.2, 0.25) is 6.29 Å². The van der Waals surface area contributed by atoms with Gasteiger partial charge in [0.15, 0.2) is 5.16 Å². The van der Waals surface area contributed by atoms with Crippen LogP contribution in [0.4, 0.5) is 5.82 Å². The Kier molecular flexibility index (Phi) is 5.10. The molecule has 2 aliphatic rings. The van der Waals surface area contributed by atoms with Crippen LogP contribution < -0.4 is 4.90 Å². The van der Waals surface area contributed by atoms with Crippen LogP contribution in [0.3, 0.4) is 0 Å². The monoisotopic (exact) mass is 371 g/mol. The molecule has 6 nitrogen and oxygen atoms in total. The van der Waals surface area contributed by atoms with Crippen molar-refractivity contribution in [2.75, 3.05) is 44.6 Å². The third kappa shape index (κ3) is 3.30. The molecule has 0 bridgehead atoms. The lowest BCUT2D eigenvalue weighted by Crippen LogP contribution is -2.38. The number of benzene rings is 1. The Labute approximate surface area is 157 Å². The van der Waals surface area contributed by atoms with Crippen LogP contribution in [-0.2, 0) is 14.2 Å². The number of methoxy groups -OCH3 is 1. The van der Waals surface area contributed by atoms with E-state index < -0.39 is 6.29 Å². The number of aromatic nitrogens is 2. The van der Waals surface area contributed by atoms with Crippen molar-refractivity contribution < 1.29 is 14.2 Å². The third-order valence-corrected chi connectivity index (χ3v) is 4.99. The lowest BCUT2D eigenvalue weighted by molar-refractivity contribution is -0.0768. The number of hydrogen-bond acceptors (Lipinski definition) is 7. The zero-order valence-electron chi connectivity index (χ0n) is 14.8. The maximum Gasteiger partial charge on any atom is 0.232 e. The molecule has 1 saturated heterocycles. The first-order valence-corrected chi connectivity index (χ1v) is 9.78. The predicted molar refractivity (Wildman–Crippen MR) is 102 cm³/mol. The maximum absolute atomic E-state index is 6.15. The number of thioether (sulfide) groups is 1. The quantitative estimate of drug-likeness (QED) is 0.604. The van der Waals surface area contributed by atoms with Gasteiger partial charge in [0, 0.05) is 31.8 Å². The van der Waals surface area contributed by atoms with Crippen molar-refractivity contribution in [1.29, 1.82) is 0 Å². The molecule has 4 rings (SSSR count). The summed E-state index contributed by atoms with van der Waals surface area (Å²) in [7, 11) is 1.65. The van der Waals surface area contributed by atoms with Gasteiger partial charge in [-0.05, 0) is 6.26 Å². The Morgan fingerprint density at radius 2 is 1.92 bits per heavy atom. The van der Waals surface area contributed by atoms with Gasteiger partial charge in [0.1, 0.15) is 11.6 Å². The summed E-state index contributed by atoms with van der Waals surface area (Å²) in [4.78, 5) is 11.7. The molecule has 0 N–H and O–H groups in total. The van der Waals surface area contributed by atoms with Crippen molar-refractivity contribution >= 4 is 29.4 Å². The number of morpholine rings is 1. The largest absolute Gasteiger partial charge is 0.460 e. The molecular formula is C19H21N3O3S. The molecule has 26 heavy (non-hydrogen) atoms. The molecule has 0 aliphatic carbocycles. The van der Waals surface area contributed by atoms with Crippen LogP contribution in [0, 0.1) is 0 Å². The minimum absolute atomic E-state index is 0.543. The number of anilines is 1. The fourth-order valence-corrected chi connectivity index (χ4v) is 3.52. The van der Waals surface area contributed by atoms with Crippen LogP contribution in [0.2, 0.25) is 0 Å². The Bertz CT molecular complexity index is 807. The molecule has 0 spiro atoms. The van der Waals surface area contributed by atoms with Crippen LogP contribution >= 0.6 is 11.8 Å². The minimum atomic E-state index is -0.543. The predicted octanol–water partition coefficient (Wildman–Crippen LogP) is 3.21. The number of nitrogens with zero attached hydrogens (tertiary/aromatic N) is 3. The van der Waals surface area contributed by atoms with E-state index in [0.717, 1.165) is 46.6 Å². The molecule has 0 amide bonds. The first-order valence-electron chi connectivity index (χ1n) is 8.55. The number of hydrogen-bond donors (Lipinski definition) is 0. The Hall–Kier alpha value is -2.09. The first-order chi connectivity index (χ1) is 12.8. The van der Waals surface area contributed by atoms with Crippen LogP contribution in [0.1, 0.15) is 23.1 Å². The van der Waals surface area contributed by atoms with Crippen molar-refractivity contribution in [3.05, 3.63) is 47.2 Å². The highest BCUT2D eigenvalue weighted by Gasteiger charge is 2.31. The first kappa shape index (κ1) is 17.3. The summed E-state index contributed by atoms with van der Waals surface area (Å²) in [6, 6.07) is 10.00. The molecule has 1 fully saturated rings. The molecule has 3 heterocycles. The van der Waals surface area contributed by atoms with E-state index in [2.05, 4.69) is 4.90 Å². The highest BCUT2D eigenvalue weighted by molar-refractivity contribution is 7.98. The normalized spacial score (nSPS) is 19.5. The zero-order chi connectivity index (χ0) is 17.9. The van der Waals surface area contributed by atoms with Gasteiger partial charge in [-0.3, -0.25) is 0 Å². The van der Waals surface area contributed by atoms with E-state index >= 15 is 0 Å². The van der Waals surface area contributed by atoms with Crippen molar-refractivity contribution in [2.45, 2.75) is 11.4 Å². The van der Waals surface area contributed by atoms with E-state index in [4.69, 9.17) is 24.2 Å². The lowest BCUT2D eigenvalue weighted by Gasteiger charge is -2.33. The molecule has 1 aromatic carbocycles. The standard InChI is InChI=1S/C19H21N3O3S/c1-23-18-16-14(12-15(25-18)13-6-4-3-5-7-13)20-19(26-2)21-17(16)22-8-10-24-11-9-22/h3-7,12,18H,8-11H2,1-2H3. The van der Waals surface area contributed by atoms with Gasteiger partial charge in [-0.1, -0.05) is 42.1 Å². The topological polar surface area (TPSA) is 56.7 Å². The van der Waals surface area contributed by atoms with E-state index in [1.165, 1.54) is 11.8 Å². The summed E-state index contributed by atoms with van der Waals surface area (Å²) in [5, 5.41) is 0.741. The third-order valence-electron chi connectivity index (χ3n) is 4.44. The van der Waals surface area contributed by atoms with E-state index in [9.17, 15) is 0 Å². The molecule has 2 aliphatic heterocycles. The van der Waals surface area contributed by atoms with Gasteiger partial charge in [-0.15, -0.1) is 0 Å². The van der Waals surface area contributed by atoms with Crippen LogP contribution in [0.25, 0.3) is 11.8 Å². The van der Waals surface area contributed by atoms with Gasteiger partial charge in [0.25, 0.3) is 0 Å². The average molecular weight is 371 g/mol. The second-order valence-corrected chi connectivity index (χ2v) is 6.77. The highest BCUT2D eigenvalue weighted by Crippen LogP contribution is 2.40. The summed E-state index contributed by atoms with van der Waals surface area (Å²) < 4.78 is 17.3. The second-order valence-electron chi connectivity index (χ2n) is 5.99. The zero-order valence-corrected chi connectivity index (χ0v) is 15.7. The molecule has 1 unspecified atom stereocenters. The van der Waals surface area contributed by atoms with Gasteiger partial charge < -0.3 is 19.1 Å². The minimum Gasteiger partial charge on any atom is -0.460 e. The smallest absolute Gasteiger partial charge is 0.232 e. The van der Waals surface area contributed by atoms with Crippen molar-refractivity contribution in [3.8, 4) is 0 Å². The van der Waals surface area contributed by atoms with Crippen LogP contribution in [0.15, 0.2) is 35.5 Å². The summed E-state index contributed by atoms with van der Waals surface area (Å²) in [6.07, 6.45) is 3.42. The number of rotatable bonds is 4. The van der Waals surface area contributed by atoms with Crippen molar-refractivity contribution in [2.24, 2.45) is 0 Å². The fraction of sp³-hybridized carbons (Fsp3) is 0.368. The van der Waals surface area contributed by atoms with Crippen LogP contribution in [-0.4, -0.2) is 49.6 Å². The lowest BCUT2D eigenvalue weighted by atomic mass is 10.1. The van der Waals surface area contributed by atoms with E-state index in [-0.39, 0.29) is 0 Å². The SMILES string of the molecule is COC1OC(c2ccccc2)=Cc2nc(SC)nc(N3CCOCC3)c21. The van der Waals surface area contributed by atoms with Gasteiger partial charge in [-0.2, -0.15) is 0 Å². The Morgan fingerprint density at radius 1 is 1.15 bits per heavy atom. The van der Waals surface area contributed by atoms with Gasteiger partial charge in [0.05, 0.1) is 24.5 Å². The summed E-state index contributed by atoms with van der Waals surface area (Å²) >= 11 is 1.53. The van der Waals surface area contributed by atoms with E-state index in [1.807, 2.05) is 42.7 Å². The number of ether oxygens (including phenoxy) is 3. The highest BCUT2D eigenvalue weighted by atomic mass is 32.2. The molecule has 136 valence electrons.